The van der Waals surface area contributed by atoms with Crippen LogP contribution in [0.5, 0.6) is 0 Å². The van der Waals surface area contributed by atoms with Crippen molar-refractivity contribution >= 4 is 17.5 Å². The maximum Gasteiger partial charge on any atom is 0.406 e. The van der Waals surface area contributed by atoms with Crippen LogP contribution in [0.4, 0.5) is 13.2 Å². The Kier molecular flexibility index (Phi) is 5.88. The molecule has 0 unspecified atom stereocenters. The fourth-order valence-electron chi connectivity index (χ4n) is 3.21. The second-order valence-corrected chi connectivity index (χ2v) is 7.82. The summed E-state index contributed by atoms with van der Waals surface area (Å²) in [4.78, 5) is 12.6. The predicted molar refractivity (Wildman–Crippen MR) is 106 cm³/mol. The van der Waals surface area contributed by atoms with Crippen LogP contribution in [0.15, 0.2) is 35.5 Å². The van der Waals surface area contributed by atoms with E-state index in [2.05, 4.69) is 10.2 Å². The van der Waals surface area contributed by atoms with Crippen molar-refractivity contribution < 1.29 is 18.0 Å². The van der Waals surface area contributed by atoms with Crippen LogP contribution >= 0.6 is 11.8 Å². The highest BCUT2D eigenvalue weighted by Crippen LogP contribution is 2.27. The number of rotatable bonds is 6. The molecule has 3 rings (SSSR count). The van der Waals surface area contributed by atoms with E-state index < -0.39 is 12.7 Å². The number of carbonyl (C=O) groups excluding carboxylic acids is 1. The van der Waals surface area contributed by atoms with Crippen LogP contribution in [0.3, 0.4) is 0 Å². The maximum absolute atomic E-state index is 12.8. The summed E-state index contributed by atoms with van der Waals surface area (Å²) in [6.07, 6.45) is -4.34. The molecule has 0 atom stereocenters. The summed E-state index contributed by atoms with van der Waals surface area (Å²) < 4.78 is 41.2. The Morgan fingerprint density at radius 1 is 1.14 bits per heavy atom. The number of carbonyl (C=O) groups is 1. The highest BCUT2D eigenvalue weighted by atomic mass is 32.2. The Labute approximate surface area is 170 Å². The Morgan fingerprint density at radius 3 is 2.48 bits per heavy atom. The zero-order chi connectivity index (χ0) is 21.3. The van der Waals surface area contributed by atoms with Crippen molar-refractivity contribution in [2.45, 2.75) is 38.6 Å². The van der Waals surface area contributed by atoms with Crippen LogP contribution in [0.25, 0.3) is 11.4 Å². The number of nitrogens with zero attached hydrogens (tertiary/aromatic N) is 4. The first-order valence-electron chi connectivity index (χ1n) is 8.93. The van der Waals surface area contributed by atoms with Gasteiger partial charge in [-0.05, 0) is 32.4 Å². The molecule has 0 saturated carbocycles. The molecular weight excluding hydrogens is 401 g/mol. The lowest BCUT2D eigenvalue weighted by molar-refractivity contribution is -0.141. The van der Waals surface area contributed by atoms with Gasteiger partial charge in [0.2, 0.25) is 0 Å². The van der Waals surface area contributed by atoms with Gasteiger partial charge in [0, 0.05) is 29.6 Å². The molecule has 2 heterocycles. The zero-order valence-electron chi connectivity index (χ0n) is 16.5. The Morgan fingerprint density at radius 2 is 1.83 bits per heavy atom. The van der Waals surface area contributed by atoms with Gasteiger partial charge in [-0.2, -0.15) is 13.2 Å². The summed E-state index contributed by atoms with van der Waals surface area (Å²) in [5, 5.41) is 8.96. The predicted octanol–water partition coefficient (Wildman–Crippen LogP) is 4.75. The van der Waals surface area contributed by atoms with Crippen molar-refractivity contribution in [3.63, 3.8) is 0 Å². The van der Waals surface area contributed by atoms with Gasteiger partial charge in [0.25, 0.3) is 0 Å². The number of thioether (sulfide) groups is 1. The van der Waals surface area contributed by atoms with Gasteiger partial charge in [-0.1, -0.05) is 36.0 Å². The fraction of sp³-hybridized carbons (Fsp3) is 0.350. The van der Waals surface area contributed by atoms with Crippen molar-refractivity contribution in [1.29, 1.82) is 0 Å². The monoisotopic (exact) mass is 422 g/mol. The lowest BCUT2D eigenvalue weighted by Gasteiger charge is -2.12. The minimum absolute atomic E-state index is 0.0655. The summed E-state index contributed by atoms with van der Waals surface area (Å²) in [5.74, 6) is 0.522. The average molecular weight is 422 g/mol. The number of ketones is 1. The third kappa shape index (κ3) is 4.55. The van der Waals surface area contributed by atoms with E-state index in [0.717, 1.165) is 15.7 Å². The molecule has 5 nitrogen and oxygen atoms in total. The molecule has 0 saturated heterocycles. The highest BCUT2D eigenvalue weighted by molar-refractivity contribution is 7.99. The Hall–Kier alpha value is -2.55. The molecule has 1 aromatic carbocycles. The van der Waals surface area contributed by atoms with E-state index in [0.29, 0.717) is 27.9 Å². The Bertz CT molecular complexity index is 1050. The molecular formula is C20H21F3N4OS. The number of hydrogen-bond acceptors (Lipinski definition) is 4. The number of Topliss-reactive ketones (excluding diaryl/α,β-unsaturated/α-hetero) is 1. The van der Waals surface area contributed by atoms with Crippen LogP contribution in [0.2, 0.25) is 0 Å². The number of halogens is 3. The van der Waals surface area contributed by atoms with E-state index in [9.17, 15) is 18.0 Å². The van der Waals surface area contributed by atoms with Crippen LogP contribution in [0, 0.1) is 20.8 Å². The van der Waals surface area contributed by atoms with Gasteiger partial charge in [-0.3, -0.25) is 4.79 Å². The van der Waals surface area contributed by atoms with Crippen molar-refractivity contribution in [2.75, 3.05) is 5.75 Å². The number of benzene rings is 1. The second-order valence-electron chi connectivity index (χ2n) is 6.88. The summed E-state index contributed by atoms with van der Waals surface area (Å²) in [6, 6.07) is 9.31. The fourth-order valence-corrected chi connectivity index (χ4v) is 4.01. The quantitative estimate of drug-likeness (QED) is 0.425. The Balaban J connectivity index is 1.76. The van der Waals surface area contributed by atoms with Gasteiger partial charge in [-0.15, -0.1) is 10.2 Å². The molecule has 0 amide bonds. The van der Waals surface area contributed by atoms with Gasteiger partial charge in [0.05, 0.1) is 5.75 Å². The SMILES string of the molecule is Cc1ccccc1-c1nnc(SCC(=O)c2cc(C)n(CC(F)(F)F)c2C)n1C. The first-order valence-corrected chi connectivity index (χ1v) is 9.92. The third-order valence-corrected chi connectivity index (χ3v) is 5.78. The smallest absolute Gasteiger partial charge is 0.339 e. The molecule has 3 aromatic rings. The summed E-state index contributed by atoms with van der Waals surface area (Å²) in [5.41, 5.74) is 3.06. The topological polar surface area (TPSA) is 52.7 Å². The minimum Gasteiger partial charge on any atom is -0.339 e. The van der Waals surface area contributed by atoms with Gasteiger partial charge >= 0.3 is 6.18 Å². The number of alkyl halides is 3. The molecule has 29 heavy (non-hydrogen) atoms. The normalized spacial score (nSPS) is 11.8. The van der Waals surface area contributed by atoms with E-state index in [1.54, 1.807) is 6.92 Å². The van der Waals surface area contributed by atoms with E-state index in [4.69, 9.17) is 0 Å². The third-order valence-electron chi connectivity index (χ3n) is 4.76. The van der Waals surface area contributed by atoms with Gasteiger partial charge in [-0.25, -0.2) is 0 Å². The number of hydrogen-bond donors (Lipinski definition) is 0. The molecule has 0 radical (unpaired) electrons. The average Bonchev–Trinajstić information content (AvgIpc) is 3.13. The molecule has 0 fully saturated rings. The standard InChI is InChI=1S/C20H21F3N4OS/c1-12-7-5-6-8-15(12)18-24-25-19(26(18)4)29-10-17(28)16-9-13(2)27(14(16)3)11-20(21,22)23/h5-9H,10-11H2,1-4H3. The molecule has 0 aliphatic heterocycles. The molecule has 154 valence electrons. The first kappa shape index (κ1) is 21.2. The number of aromatic nitrogens is 4. The summed E-state index contributed by atoms with van der Waals surface area (Å²) in [6.45, 7) is 3.99. The molecule has 9 heteroatoms. The van der Waals surface area contributed by atoms with E-state index in [1.807, 2.05) is 42.8 Å². The number of aryl methyl sites for hydroxylation is 2. The van der Waals surface area contributed by atoms with Crippen molar-refractivity contribution in [3.8, 4) is 11.4 Å². The van der Waals surface area contributed by atoms with Crippen LogP contribution in [-0.2, 0) is 13.6 Å². The van der Waals surface area contributed by atoms with Crippen molar-refractivity contribution in [3.05, 3.63) is 52.8 Å². The first-order chi connectivity index (χ1) is 13.6. The highest BCUT2D eigenvalue weighted by Gasteiger charge is 2.30. The largest absolute Gasteiger partial charge is 0.406 e. The molecule has 0 bridgehead atoms. The van der Waals surface area contributed by atoms with Crippen molar-refractivity contribution in [1.82, 2.24) is 19.3 Å². The summed E-state index contributed by atoms with van der Waals surface area (Å²) in [7, 11) is 1.82. The molecule has 0 spiro atoms. The van der Waals surface area contributed by atoms with Crippen LogP contribution in [-0.4, -0.2) is 37.0 Å². The van der Waals surface area contributed by atoms with Gasteiger partial charge in [0.15, 0.2) is 16.8 Å². The lowest BCUT2D eigenvalue weighted by atomic mass is 10.1. The second kappa shape index (κ2) is 8.06. The van der Waals surface area contributed by atoms with Crippen LogP contribution in [0.1, 0.15) is 27.3 Å². The van der Waals surface area contributed by atoms with E-state index in [-0.39, 0.29) is 11.5 Å². The van der Waals surface area contributed by atoms with Gasteiger partial charge in [0.1, 0.15) is 6.54 Å². The van der Waals surface area contributed by atoms with E-state index in [1.165, 1.54) is 24.8 Å². The molecule has 0 N–H and O–H groups in total. The lowest BCUT2D eigenvalue weighted by Crippen LogP contribution is -2.19. The molecule has 0 aliphatic carbocycles. The summed E-state index contributed by atoms with van der Waals surface area (Å²) >= 11 is 1.22. The van der Waals surface area contributed by atoms with E-state index >= 15 is 0 Å². The zero-order valence-corrected chi connectivity index (χ0v) is 17.4. The van der Waals surface area contributed by atoms with Crippen LogP contribution < -0.4 is 0 Å². The molecule has 2 aromatic heterocycles. The maximum atomic E-state index is 12.8. The van der Waals surface area contributed by atoms with Gasteiger partial charge < -0.3 is 9.13 Å². The van der Waals surface area contributed by atoms with Crippen molar-refractivity contribution in [2.24, 2.45) is 7.05 Å². The minimum atomic E-state index is -4.34. The molecule has 0 aliphatic rings.